The van der Waals surface area contributed by atoms with Gasteiger partial charge in [-0.25, -0.2) is 4.79 Å². The summed E-state index contributed by atoms with van der Waals surface area (Å²) in [5, 5.41) is 10.00. The smallest absolute Gasteiger partial charge is 0.308 e. The fourth-order valence-electron chi connectivity index (χ4n) is 2.21. The first-order valence-corrected chi connectivity index (χ1v) is 7.83. The Morgan fingerprint density at radius 3 is 2.55 bits per heavy atom. The lowest BCUT2D eigenvalue weighted by Crippen LogP contribution is -2.19. The molecule has 2 rings (SSSR count). The van der Waals surface area contributed by atoms with Crippen molar-refractivity contribution in [1.29, 1.82) is 0 Å². The molecule has 0 aliphatic rings. The molecule has 0 unspecified atom stereocenters. The molecule has 0 aliphatic carbocycles. The van der Waals surface area contributed by atoms with Crippen molar-refractivity contribution in [3.05, 3.63) is 41.7 Å². The van der Waals surface area contributed by atoms with Crippen molar-refractivity contribution in [3.63, 3.8) is 0 Å². The Morgan fingerprint density at radius 2 is 1.91 bits per heavy atom. The normalized spacial score (nSPS) is 10.5. The molecule has 1 aromatic carbocycles. The van der Waals surface area contributed by atoms with Crippen molar-refractivity contribution >= 4 is 17.4 Å². The predicted octanol–water partition coefficient (Wildman–Crippen LogP) is 4.20. The molecule has 5 nitrogen and oxygen atoms in total. The van der Waals surface area contributed by atoms with Crippen LogP contribution < -0.4 is 10.6 Å². The van der Waals surface area contributed by atoms with E-state index in [2.05, 4.69) is 29.6 Å². The van der Waals surface area contributed by atoms with Gasteiger partial charge in [0.1, 0.15) is 0 Å². The highest BCUT2D eigenvalue weighted by molar-refractivity contribution is 5.99. The van der Waals surface area contributed by atoms with Crippen molar-refractivity contribution in [2.24, 2.45) is 0 Å². The van der Waals surface area contributed by atoms with Crippen molar-refractivity contribution in [2.45, 2.75) is 46.6 Å². The summed E-state index contributed by atoms with van der Waals surface area (Å²) in [5.41, 5.74) is 3.76. The number of carbonyl (C=O) groups is 1. The topological polar surface area (TPSA) is 59.0 Å². The van der Waals surface area contributed by atoms with Crippen LogP contribution in [0.1, 0.15) is 37.9 Å². The van der Waals surface area contributed by atoms with Crippen LogP contribution in [0.15, 0.2) is 30.5 Å². The zero-order valence-corrected chi connectivity index (χ0v) is 13.5. The monoisotopic (exact) mass is 300 g/mol. The molecule has 2 N–H and O–H groups in total. The number of nitrogens with one attached hydrogen (secondary N) is 2. The fraction of sp³-hybridized carbons (Fsp3) is 0.412. The lowest BCUT2D eigenvalue weighted by molar-refractivity contribution is 0.262. The van der Waals surface area contributed by atoms with E-state index in [0.29, 0.717) is 0 Å². The number of anilines is 2. The number of amides is 2. The molecule has 2 amide bonds. The molecule has 0 radical (unpaired) electrons. The number of rotatable bonds is 6. The van der Waals surface area contributed by atoms with Crippen LogP contribution in [0.4, 0.5) is 16.2 Å². The Kier molecular flexibility index (Phi) is 5.58. The Balaban J connectivity index is 1.95. The first kappa shape index (κ1) is 16.1. The summed E-state index contributed by atoms with van der Waals surface area (Å²) in [6, 6.07) is 7.61. The average molecular weight is 300 g/mol. The minimum Gasteiger partial charge on any atom is -0.308 e. The third kappa shape index (κ3) is 4.10. The minimum absolute atomic E-state index is 0.248. The Hall–Kier alpha value is -2.30. The van der Waals surface area contributed by atoms with Gasteiger partial charge in [0.15, 0.2) is 0 Å². The molecule has 0 atom stereocenters. The maximum atomic E-state index is 12.1. The van der Waals surface area contributed by atoms with Crippen LogP contribution in [-0.4, -0.2) is 15.8 Å². The summed E-state index contributed by atoms with van der Waals surface area (Å²) in [6.45, 7) is 7.10. The molecular formula is C17H24N4O. The number of hydrogen-bond acceptors (Lipinski definition) is 2. The summed E-state index contributed by atoms with van der Waals surface area (Å²) in [4.78, 5) is 12.1. The van der Waals surface area contributed by atoms with Crippen LogP contribution in [0.3, 0.4) is 0 Å². The second-order valence-electron chi connectivity index (χ2n) is 5.35. The summed E-state index contributed by atoms with van der Waals surface area (Å²) < 4.78 is 1.93. The van der Waals surface area contributed by atoms with Gasteiger partial charge < -0.3 is 10.6 Å². The van der Waals surface area contributed by atoms with Crippen LogP contribution in [0.5, 0.6) is 0 Å². The van der Waals surface area contributed by atoms with Crippen molar-refractivity contribution in [3.8, 4) is 0 Å². The molecule has 5 heteroatoms. The van der Waals surface area contributed by atoms with Gasteiger partial charge in [-0.05, 0) is 37.5 Å². The Morgan fingerprint density at radius 1 is 1.18 bits per heavy atom. The van der Waals surface area contributed by atoms with E-state index in [1.807, 2.05) is 35.9 Å². The lowest BCUT2D eigenvalue weighted by Gasteiger charge is -2.08. The van der Waals surface area contributed by atoms with E-state index < -0.39 is 0 Å². The fourth-order valence-corrected chi connectivity index (χ4v) is 2.21. The zero-order valence-electron chi connectivity index (χ0n) is 13.5. The van der Waals surface area contributed by atoms with Crippen LogP contribution in [0.2, 0.25) is 0 Å². The van der Waals surface area contributed by atoms with Gasteiger partial charge in [-0.2, -0.15) is 5.10 Å². The van der Waals surface area contributed by atoms with Crippen LogP contribution in [0, 0.1) is 6.92 Å². The van der Waals surface area contributed by atoms with E-state index in [0.717, 1.165) is 42.9 Å². The van der Waals surface area contributed by atoms with Gasteiger partial charge in [0.25, 0.3) is 0 Å². The molecule has 0 saturated carbocycles. The Labute approximate surface area is 131 Å². The molecule has 0 bridgehead atoms. The highest BCUT2D eigenvalue weighted by Crippen LogP contribution is 2.15. The third-order valence-electron chi connectivity index (χ3n) is 3.69. The van der Waals surface area contributed by atoms with Gasteiger partial charge in [0.05, 0.1) is 17.6 Å². The van der Waals surface area contributed by atoms with Crippen molar-refractivity contribution in [1.82, 2.24) is 9.78 Å². The minimum atomic E-state index is -0.248. The molecule has 118 valence electrons. The van der Waals surface area contributed by atoms with E-state index in [1.54, 1.807) is 6.20 Å². The number of aryl methyl sites for hydroxylation is 2. The molecule has 2 aromatic rings. The van der Waals surface area contributed by atoms with Crippen LogP contribution in [-0.2, 0) is 13.0 Å². The summed E-state index contributed by atoms with van der Waals surface area (Å²) >= 11 is 0. The van der Waals surface area contributed by atoms with Gasteiger partial charge >= 0.3 is 6.03 Å². The molecule has 0 fully saturated rings. The predicted molar refractivity (Wildman–Crippen MR) is 90.3 cm³/mol. The van der Waals surface area contributed by atoms with Crippen molar-refractivity contribution in [2.75, 3.05) is 10.6 Å². The van der Waals surface area contributed by atoms with Gasteiger partial charge in [0, 0.05) is 12.2 Å². The molecule has 22 heavy (non-hydrogen) atoms. The number of urea groups is 1. The SMILES string of the molecule is CCCCn1ncc(NC(=O)Nc2ccc(CC)cc2)c1C. The highest BCUT2D eigenvalue weighted by Gasteiger charge is 2.09. The standard InChI is InChI=1S/C17H24N4O/c1-4-6-11-21-13(3)16(12-18-21)20-17(22)19-15-9-7-14(5-2)8-10-15/h7-10,12H,4-6,11H2,1-3H3,(H2,19,20,22). The second kappa shape index (κ2) is 7.64. The molecular weight excluding hydrogens is 276 g/mol. The summed E-state index contributed by atoms with van der Waals surface area (Å²) in [5.74, 6) is 0. The number of aromatic nitrogens is 2. The molecule has 1 heterocycles. The quantitative estimate of drug-likeness (QED) is 0.840. The number of carbonyl (C=O) groups excluding carboxylic acids is 1. The lowest BCUT2D eigenvalue weighted by atomic mass is 10.1. The highest BCUT2D eigenvalue weighted by atomic mass is 16.2. The number of hydrogen-bond donors (Lipinski definition) is 2. The maximum Gasteiger partial charge on any atom is 0.323 e. The number of unbranched alkanes of at least 4 members (excludes halogenated alkanes) is 1. The number of benzene rings is 1. The van der Waals surface area contributed by atoms with Crippen molar-refractivity contribution < 1.29 is 4.79 Å². The van der Waals surface area contributed by atoms with Gasteiger partial charge in [0.2, 0.25) is 0 Å². The molecule has 0 saturated heterocycles. The third-order valence-corrected chi connectivity index (χ3v) is 3.69. The summed E-state index contributed by atoms with van der Waals surface area (Å²) in [7, 11) is 0. The van der Waals surface area contributed by atoms with Gasteiger partial charge in [-0.3, -0.25) is 4.68 Å². The first-order chi connectivity index (χ1) is 10.6. The second-order valence-corrected chi connectivity index (χ2v) is 5.35. The van der Waals surface area contributed by atoms with E-state index in [9.17, 15) is 4.79 Å². The zero-order chi connectivity index (χ0) is 15.9. The van der Waals surface area contributed by atoms with E-state index in [4.69, 9.17) is 0 Å². The van der Waals surface area contributed by atoms with E-state index >= 15 is 0 Å². The van der Waals surface area contributed by atoms with Gasteiger partial charge in [-0.1, -0.05) is 32.4 Å². The van der Waals surface area contributed by atoms with E-state index in [-0.39, 0.29) is 6.03 Å². The Bertz CT molecular complexity index is 616. The maximum absolute atomic E-state index is 12.1. The first-order valence-electron chi connectivity index (χ1n) is 7.83. The largest absolute Gasteiger partial charge is 0.323 e. The molecule has 1 aromatic heterocycles. The van der Waals surface area contributed by atoms with Gasteiger partial charge in [-0.15, -0.1) is 0 Å². The van der Waals surface area contributed by atoms with Crippen LogP contribution >= 0.6 is 0 Å². The average Bonchev–Trinajstić information content (AvgIpc) is 2.86. The number of nitrogens with zero attached hydrogens (tertiary/aromatic N) is 2. The van der Waals surface area contributed by atoms with Crippen LogP contribution in [0.25, 0.3) is 0 Å². The molecule has 0 aliphatic heterocycles. The van der Waals surface area contributed by atoms with E-state index in [1.165, 1.54) is 5.56 Å². The summed E-state index contributed by atoms with van der Waals surface area (Å²) in [6.07, 6.45) is 4.89. The molecule has 0 spiro atoms.